The SMILES string of the molecule is CCCCCCCCCCCC[C@H](Oc1ccc(O)c(C(C)(C)C)c1)C(=O)Nc1ccc(Cl)c(N=C2CC(=O)N(c3c(Cl)cc(Cl)cc3Cl)N2)c1. The minimum atomic E-state index is -0.779. The van der Waals surface area contributed by atoms with Gasteiger partial charge in [-0.05, 0) is 66.8 Å². The first-order chi connectivity index (χ1) is 24.3. The van der Waals surface area contributed by atoms with Crippen LogP contribution in [0.25, 0.3) is 0 Å². The van der Waals surface area contributed by atoms with E-state index in [0.29, 0.717) is 39.4 Å². The summed E-state index contributed by atoms with van der Waals surface area (Å²) >= 11 is 25.2. The number of phenolic OH excluding ortho intramolecular Hbond substituents is 1. The number of hydrogen-bond donors (Lipinski definition) is 3. The first-order valence-corrected chi connectivity index (χ1v) is 19.2. The normalized spacial score (nSPS) is 14.5. The van der Waals surface area contributed by atoms with Crippen LogP contribution in [0.3, 0.4) is 0 Å². The van der Waals surface area contributed by atoms with Gasteiger partial charge >= 0.3 is 0 Å². The van der Waals surface area contributed by atoms with Gasteiger partial charge in [-0.25, -0.2) is 10.0 Å². The van der Waals surface area contributed by atoms with Gasteiger partial charge < -0.3 is 15.2 Å². The molecule has 51 heavy (non-hydrogen) atoms. The average Bonchev–Trinajstić information content (AvgIpc) is 3.41. The summed E-state index contributed by atoms with van der Waals surface area (Å²) in [5.41, 5.74) is 4.44. The molecule has 1 aliphatic rings. The van der Waals surface area contributed by atoms with Crippen LogP contribution in [0, 0.1) is 0 Å². The zero-order chi connectivity index (χ0) is 37.1. The van der Waals surface area contributed by atoms with Gasteiger partial charge in [0.1, 0.15) is 23.0 Å². The highest BCUT2D eigenvalue weighted by Crippen LogP contribution is 2.38. The fourth-order valence-corrected chi connectivity index (χ4v) is 7.05. The third-order valence-corrected chi connectivity index (χ3v) is 9.76. The van der Waals surface area contributed by atoms with E-state index in [1.807, 2.05) is 20.8 Å². The fourth-order valence-electron chi connectivity index (χ4n) is 5.90. The number of amidine groups is 1. The minimum absolute atomic E-state index is 0.0554. The Bertz CT molecular complexity index is 1690. The van der Waals surface area contributed by atoms with Crippen molar-refractivity contribution in [3.8, 4) is 11.5 Å². The zero-order valence-corrected chi connectivity index (χ0v) is 32.8. The first kappa shape index (κ1) is 40.6. The number of carbonyl (C=O) groups excluding carboxylic acids is 2. The average molecular weight is 779 g/mol. The maximum atomic E-state index is 13.8. The summed E-state index contributed by atoms with van der Waals surface area (Å²) in [7, 11) is 0. The quantitative estimate of drug-likeness (QED) is 0.118. The van der Waals surface area contributed by atoms with E-state index in [4.69, 9.17) is 51.1 Å². The Labute approximate surface area is 321 Å². The molecule has 276 valence electrons. The van der Waals surface area contributed by atoms with Crippen LogP contribution in [0.1, 0.15) is 110 Å². The van der Waals surface area contributed by atoms with Crippen molar-refractivity contribution in [3.63, 3.8) is 0 Å². The molecule has 0 aliphatic carbocycles. The fraction of sp³-hybridized carbons (Fsp3) is 0.462. The number of benzene rings is 3. The molecule has 0 unspecified atom stereocenters. The molecule has 0 bridgehead atoms. The van der Waals surface area contributed by atoms with Gasteiger partial charge in [-0.2, -0.15) is 0 Å². The molecule has 1 saturated heterocycles. The lowest BCUT2D eigenvalue weighted by Gasteiger charge is -2.23. The lowest BCUT2D eigenvalue weighted by atomic mass is 9.86. The third kappa shape index (κ3) is 11.9. The van der Waals surface area contributed by atoms with Crippen molar-refractivity contribution in [1.82, 2.24) is 5.43 Å². The number of nitrogens with one attached hydrogen (secondary N) is 2. The third-order valence-electron chi connectivity index (χ3n) is 8.65. The van der Waals surface area contributed by atoms with Gasteiger partial charge in [0.05, 0.1) is 27.2 Å². The highest BCUT2D eigenvalue weighted by molar-refractivity contribution is 6.42. The number of aromatic hydroxyl groups is 1. The maximum absolute atomic E-state index is 13.8. The van der Waals surface area contributed by atoms with Gasteiger partial charge in [0.15, 0.2) is 6.10 Å². The Kier molecular flexibility index (Phi) is 15.2. The van der Waals surface area contributed by atoms with Crippen LogP contribution in [-0.2, 0) is 15.0 Å². The van der Waals surface area contributed by atoms with Crippen molar-refractivity contribution in [3.05, 3.63) is 74.2 Å². The summed E-state index contributed by atoms with van der Waals surface area (Å²) in [4.78, 5) is 31.3. The number of nitrogens with zero attached hydrogens (tertiary/aromatic N) is 2. The van der Waals surface area contributed by atoms with Crippen molar-refractivity contribution in [2.24, 2.45) is 4.99 Å². The van der Waals surface area contributed by atoms with E-state index in [1.54, 1.807) is 36.4 Å². The molecule has 0 spiro atoms. The number of unbranched alkanes of at least 4 members (excludes halogenated alkanes) is 9. The Balaban J connectivity index is 1.46. The number of hydrazine groups is 1. The monoisotopic (exact) mass is 776 g/mol. The molecule has 8 nitrogen and oxygen atoms in total. The van der Waals surface area contributed by atoms with Crippen molar-refractivity contribution in [2.75, 3.05) is 10.3 Å². The summed E-state index contributed by atoms with van der Waals surface area (Å²) in [6, 6.07) is 13.0. The Morgan fingerprint density at radius 1 is 0.902 bits per heavy atom. The first-order valence-electron chi connectivity index (χ1n) is 17.7. The molecule has 1 aliphatic heterocycles. The summed E-state index contributed by atoms with van der Waals surface area (Å²) in [5.74, 6) is 0.370. The second-order valence-electron chi connectivity index (χ2n) is 14.0. The molecule has 4 rings (SSSR count). The Morgan fingerprint density at radius 2 is 1.53 bits per heavy atom. The van der Waals surface area contributed by atoms with E-state index in [2.05, 4.69) is 22.7 Å². The maximum Gasteiger partial charge on any atom is 0.265 e. The van der Waals surface area contributed by atoms with Crippen molar-refractivity contribution in [2.45, 2.75) is 116 Å². The lowest BCUT2D eigenvalue weighted by molar-refractivity contribution is -0.123. The number of phenols is 1. The second-order valence-corrected chi connectivity index (χ2v) is 15.6. The smallest absolute Gasteiger partial charge is 0.265 e. The summed E-state index contributed by atoms with van der Waals surface area (Å²) in [6.07, 6.45) is 11.5. The highest BCUT2D eigenvalue weighted by atomic mass is 35.5. The standard InChI is InChI=1S/C39H48Cl4N4O4/c1-5-6-7-8-9-10-11-12-13-14-15-34(51-27-17-19-33(48)28(23-27)39(2,3)4)38(50)44-26-16-18-29(41)32(22-26)45-35-24-36(49)47(46-35)37-30(42)20-25(40)21-31(37)43/h16-23,34,48H,5-15,24H2,1-4H3,(H,44,50)(H,45,46)/t34-/m0/s1. The number of anilines is 2. The molecule has 3 N–H and O–H groups in total. The van der Waals surface area contributed by atoms with Crippen LogP contribution in [0.4, 0.5) is 17.1 Å². The number of rotatable bonds is 17. The van der Waals surface area contributed by atoms with Crippen molar-refractivity contribution in [1.29, 1.82) is 0 Å². The lowest BCUT2D eigenvalue weighted by Crippen LogP contribution is -2.36. The van der Waals surface area contributed by atoms with Gasteiger partial charge in [-0.15, -0.1) is 0 Å². The van der Waals surface area contributed by atoms with Gasteiger partial charge in [0, 0.05) is 16.3 Å². The molecule has 2 amide bonds. The topological polar surface area (TPSA) is 103 Å². The van der Waals surface area contributed by atoms with Gasteiger partial charge in [-0.1, -0.05) is 132 Å². The number of carbonyl (C=O) groups is 2. The van der Waals surface area contributed by atoms with E-state index in [1.165, 1.54) is 62.1 Å². The van der Waals surface area contributed by atoms with Crippen LogP contribution >= 0.6 is 46.4 Å². The van der Waals surface area contributed by atoms with Crippen LogP contribution in [0.2, 0.25) is 20.1 Å². The predicted molar refractivity (Wildman–Crippen MR) is 212 cm³/mol. The predicted octanol–water partition coefficient (Wildman–Crippen LogP) is 12.0. The molecule has 0 radical (unpaired) electrons. The molecule has 1 fully saturated rings. The van der Waals surface area contributed by atoms with Crippen LogP contribution in [0.15, 0.2) is 53.5 Å². The number of ether oxygens (including phenoxy) is 1. The number of aliphatic imine (C=N–C) groups is 1. The largest absolute Gasteiger partial charge is 0.508 e. The van der Waals surface area contributed by atoms with E-state index in [9.17, 15) is 14.7 Å². The molecule has 3 aromatic rings. The number of halogens is 4. The Hall–Kier alpha value is -3.17. The van der Waals surface area contributed by atoms with E-state index in [0.717, 1.165) is 24.8 Å². The van der Waals surface area contributed by atoms with E-state index >= 15 is 0 Å². The van der Waals surface area contributed by atoms with E-state index in [-0.39, 0.29) is 45.1 Å². The van der Waals surface area contributed by atoms with Crippen LogP contribution < -0.4 is 20.5 Å². The molecule has 1 atom stereocenters. The molecule has 12 heteroatoms. The van der Waals surface area contributed by atoms with Crippen LogP contribution in [-0.4, -0.2) is 28.9 Å². The Morgan fingerprint density at radius 3 is 2.16 bits per heavy atom. The van der Waals surface area contributed by atoms with Crippen LogP contribution in [0.5, 0.6) is 11.5 Å². The molecule has 3 aromatic carbocycles. The minimum Gasteiger partial charge on any atom is -0.508 e. The van der Waals surface area contributed by atoms with Crippen molar-refractivity contribution < 1.29 is 19.4 Å². The van der Waals surface area contributed by atoms with Gasteiger partial charge in [-0.3, -0.25) is 15.0 Å². The summed E-state index contributed by atoms with van der Waals surface area (Å²) < 4.78 is 6.32. The molecule has 0 aromatic heterocycles. The molecule has 1 heterocycles. The summed E-state index contributed by atoms with van der Waals surface area (Å²) in [5, 5.41) is 15.8. The molecule has 0 saturated carbocycles. The van der Waals surface area contributed by atoms with Gasteiger partial charge in [0.25, 0.3) is 11.8 Å². The van der Waals surface area contributed by atoms with Crippen molar-refractivity contribution >= 4 is 81.1 Å². The highest BCUT2D eigenvalue weighted by Gasteiger charge is 2.31. The molecular weight excluding hydrogens is 730 g/mol. The van der Waals surface area contributed by atoms with E-state index < -0.39 is 6.10 Å². The second kappa shape index (κ2) is 19.1. The molecular formula is C39H48Cl4N4O4. The summed E-state index contributed by atoms with van der Waals surface area (Å²) in [6.45, 7) is 8.27. The van der Waals surface area contributed by atoms with Gasteiger partial charge in [0.2, 0.25) is 0 Å². The zero-order valence-electron chi connectivity index (χ0n) is 29.8. The number of hydrogen-bond acceptors (Lipinski definition) is 5. The number of amides is 2.